The van der Waals surface area contributed by atoms with E-state index in [0.717, 1.165) is 11.1 Å². The SMILES string of the molecule is Cc1ccc(C(=O)Nc2cccc(C=CC[O])c2)cc1. The van der Waals surface area contributed by atoms with Gasteiger partial charge in [-0.25, -0.2) is 5.11 Å². The molecule has 0 saturated heterocycles. The summed E-state index contributed by atoms with van der Waals surface area (Å²) in [7, 11) is 0. The normalized spacial score (nSPS) is 10.7. The van der Waals surface area contributed by atoms with Crippen molar-refractivity contribution in [2.45, 2.75) is 6.92 Å². The van der Waals surface area contributed by atoms with Crippen LogP contribution in [0.25, 0.3) is 6.08 Å². The van der Waals surface area contributed by atoms with Gasteiger partial charge in [-0.15, -0.1) is 0 Å². The fourth-order valence-corrected chi connectivity index (χ4v) is 1.81. The third-order valence-corrected chi connectivity index (χ3v) is 2.86. The summed E-state index contributed by atoms with van der Waals surface area (Å²) in [5.74, 6) is -0.144. The first-order valence-corrected chi connectivity index (χ1v) is 6.42. The fraction of sp³-hybridized carbons (Fsp3) is 0.118. The minimum atomic E-state index is -0.250. The van der Waals surface area contributed by atoms with Gasteiger partial charge < -0.3 is 5.32 Å². The van der Waals surface area contributed by atoms with E-state index < -0.39 is 0 Å². The number of hydrogen-bond acceptors (Lipinski definition) is 1. The molecule has 0 bridgehead atoms. The van der Waals surface area contributed by atoms with Gasteiger partial charge in [-0.2, -0.15) is 0 Å². The lowest BCUT2D eigenvalue weighted by Crippen LogP contribution is -2.11. The van der Waals surface area contributed by atoms with Crippen molar-refractivity contribution in [3.05, 3.63) is 71.3 Å². The maximum absolute atomic E-state index is 12.1. The molecular weight excluding hydrogens is 250 g/mol. The first-order valence-electron chi connectivity index (χ1n) is 6.42. The lowest BCUT2D eigenvalue weighted by Gasteiger charge is -2.06. The molecule has 2 rings (SSSR count). The van der Waals surface area contributed by atoms with Crippen molar-refractivity contribution in [3.63, 3.8) is 0 Å². The molecule has 1 radical (unpaired) electrons. The van der Waals surface area contributed by atoms with Crippen LogP contribution in [0.15, 0.2) is 54.6 Å². The quantitative estimate of drug-likeness (QED) is 0.901. The highest BCUT2D eigenvalue weighted by Gasteiger charge is 2.05. The molecule has 0 aliphatic carbocycles. The van der Waals surface area contributed by atoms with Crippen molar-refractivity contribution in [2.24, 2.45) is 0 Å². The van der Waals surface area contributed by atoms with Crippen LogP contribution in [-0.4, -0.2) is 12.5 Å². The van der Waals surface area contributed by atoms with E-state index in [1.165, 1.54) is 0 Å². The number of aryl methyl sites for hydroxylation is 1. The minimum absolute atomic E-state index is 0.144. The fourth-order valence-electron chi connectivity index (χ4n) is 1.81. The molecule has 0 aromatic heterocycles. The molecule has 3 heteroatoms. The Kier molecular flexibility index (Phi) is 4.69. The van der Waals surface area contributed by atoms with E-state index in [4.69, 9.17) is 0 Å². The first kappa shape index (κ1) is 14.0. The summed E-state index contributed by atoms with van der Waals surface area (Å²) in [5.41, 5.74) is 3.34. The Morgan fingerprint density at radius 2 is 1.90 bits per heavy atom. The Morgan fingerprint density at radius 1 is 1.15 bits per heavy atom. The molecule has 0 saturated carbocycles. The van der Waals surface area contributed by atoms with Crippen LogP contribution >= 0.6 is 0 Å². The lowest BCUT2D eigenvalue weighted by molar-refractivity contribution is 0.102. The molecule has 3 nitrogen and oxygen atoms in total. The Morgan fingerprint density at radius 3 is 2.60 bits per heavy atom. The van der Waals surface area contributed by atoms with E-state index in [0.29, 0.717) is 11.3 Å². The van der Waals surface area contributed by atoms with Gasteiger partial charge in [0.05, 0.1) is 0 Å². The van der Waals surface area contributed by atoms with Crippen molar-refractivity contribution >= 4 is 17.7 Å². The second-order valence-electron chi connectivity index (χ2n) is 4.51. The van der Waals surface area contributed by atoms with Gasteiger partial charge in [-0.05, 0) is 36.8 Å². The number of benzene rings is 2. The summed E-state index contributed by atoms with van der Waals surface area (Å²) in [4.78, 5) is 12.1. The summed E-state index contributed by atoms with van der Waals surface area (Å²) < 4.78 is 0. The van der Waals surface area contributed by atoms with Gasteiger partial charge in [-0.1, -0.05) is 42.0 Å². The number of nitrogens with one attached hydrogen (secondary N) is 1. The van der Waals surface area contributed by atoms with Gasteiger partial charge in [0.2, 0.25) is 0 Å². The van der Waals surface area contributed by atoms with E-state index in [9.17, 15) is 9.90 Å². The number of carbonyl (C=O) groups is 1. The second-order valence-corrected chi connectivity index (χ2v) is 4.51. The highest BCUT2D eigenvalue weighted by Crippen LogP contribution is 2.14. The average molecular weight is 266 g/mol. The zero-order valence-corrected chi connectivity index (χ0v) is 11.3. The van der Waals surface area contributed by atoms with Crippen LogP contribution in [0.2, 0.25) is 0 Å². The van der Waals surface area contributed by atoms with E-state index in [1.807, 2.05) is 43.3 Å². The number of carbonyl (C=O) groups excluding carboxylic acids is 1. The number of rotatable bonds is 4. The zero-order chi connectivity index (χ0) is 14.4. The average Bonchev–Trinajstić information content (AvgIpc) is 2.46. The van der Waals surface area contributed by atoms with Crippen LogP contribution in [-0.2, 0) is 5.11 Å². The molecule has 0 atom stereocenters. The number of anilines is 1. The van der Waals surface area contributed by atoms with Crippen LogP contribution < -0.4 is 5.32 Å². The highest BCUT2D eigenvalue weighted by molar-refractivity contribution is 6.04. The van der Waals surface area contributed by atoms with Crippen molar-refractivity contribution in [3.8, 4) is 0 Å². The molecule has 1 amide bonds. The topological polar surface area (TPSA) is 49.0 Å². The molecule has 0 unspecified atom stereocenters. The van der Waals surface area contributed by atoms with Crippen LogP contribution in [0.3, 0.4) is 0 Å². The van der Waals surface area contributed by atoms with Gasteiger partial charge in [0.15, 0.2) is 0 Å². The van der Waals surface area contributed by atoms with E-state index in [-0.39, 0.29) is 12.5 Å². The smallest absolute Gasteiger partial charge is 0.255 e. The molecule has 2 aromatic rings. The third kappa shape index (κ3) is 3.80. The van der Waals surface area contributed by atoms with Crippen LogP contribution in [0.5, 0.6) is 0 Å². The number of hydrogen-bond donors (Lipinski definition) is 1. The highest BCUT2D eigenvalue weighted by atomic mass is 16.2. The zero-order valence-electron chi connectivity index (χ0n) is 11.3. The Bertz CT molecular complexity index is 615. The van der Waals surface area contributed by atoms with Gasteiger partial charge >= 0.3 is 0 Å². The summed E-state index contributed by atoms with van der Waals surface area (Å²) in [6, 6.07) is 14.8. The molecule has 0 aliphatic rings. The molecule has 0 heterocycles. The van der Waals surface area contributed by atoms with Crippen LogP contribution in [0.4, 0.5) is 5.69 Å². The molecule has 0 spiro atoms. The Balaban J connectivity index is 2.11. The third-order valence-electron chi connectivity index (χ3n) is 2.86. The number of amides is 1. The van der Waals surface area contributed by atoms with Crippen molar-refractivity contribution in [1.29, 1.82) is 0 Å². The first-order chi connectivity index (χ1) is 9.69. The molecule has 101 valence electrons. The minimum Gasteiger partial charge on any atom is -0.322 e. The van der Waals surface area contributed by atoms with Gasteiger partial charge in [0.1, 0.15) is 6.61 Å². The Hall–Kier alpha value is -2.39. The largest absolute Gasteiger partial charge is 0.322 e. The van der Waals surface area contributed by atoms with E-state index in [1.54, 1.807) is 24.3 Å². The monoisotopic (exact) mass is 266 g/mol. The van der Waals surface area contributed by atoms with E-state index >= 15 is 0 Å². The predicted octanol–water partition coefficient (Wildman–Crippen LogP) is 3.69. The summed E-state index contributed by atoms with van der Waals surface area (Å²) in [6.45, 7) is 1.73. The maximum atomic E-state index is 12.1. The summed E-state index contributed by atoms with van der Waals surface area (Å²) >= 11 is 0. The molecule has 1 N–H and O–H groups in total. The second kappa shape index (κ2) is 6.68. The van der Waals surface area contributed by atoms with Gasteiger partial charge in [-0.3, -0.25) is 4.79 Å². The van der Waals surface area contributed by atoms with Gasteiger partial charge in [0.25, 0.3) is 5.91 Å². The van der Waals surface area contributed by atoms with Crippen LogP contribution in [0.1, 0.15) is 21.5 Å². The van der Waals surface area contributed by atoms with Crippen molar-refractivity contribution in [1.82, 2.24) is 0 Å². The predicted molar refractivity (Wildman–Crippen MR) is 80.2 cm³/mol. The standard InChI is InChI=1S/C17H16NO2/c1-13-7-9-15(10-8-13)17(20)18-16-6-2-4-14(12-16)5-3-11-19/h2-10,12H,11H2,1H3,(H,18,20). The van der Waals surface area contributed by atoms with Crippen LogP contribution in [0, 0.1) is 6.92 Å². The molecular formula is C17H16NO2. The Labute approximate surface area is 118 Å². The maximum Gasteiger partial charge on any atom is 0.255 e. The molecule has 0 aliphatic heterocycles. The van der Waals surface area contributed by atoms with Crippen molar-refractivity contribution < 1.29 is 9.90 Å². The van der Waals surface area contributed by atoms with Crippen molar-refractivity contribution in [2.75, 3.05) is 11.9 Å². The summed E-state index contributed by atoms with van der Waals surface area (Å²) in [6.07, 6.45) is 3.29. The molecule has 20 heavy (non-hydrogen) atoms. The summed E-state index contributed by atoms with van der Waals surface area (Å²) in [5, 5.41) is 13.3. The molecule has 0 fully saturated rings. The molecule has 2 aromatic carbocycles. The lowest BCUT2D eigenvalue weighted by atomic mass is 10.1. The van der Waals surface area contributed by atoms with Gasteiger partial charge in [0, 0.05) is 11.3 Å². The van der Waals surface area contributed by atoms with E-state index in [2.05, 4.69) is 5.32 Å².